The van der Waals surface area contributed by atoms with Crippen LogP contribution in [0.5, 0.6) is 0 Å². The fraction of sp³-hybridized carbons (Fsp3) is 0.400. The van der Waals surface area contributed by atoms with Crippen molar-refractivity contribution in [1.29, 1.82) is 0 Å². The lowest BCUT2D eigenvalue weighted by Gasteiger charge is -2.08. The second kappa shape index (κ2) is 6.70. The number of nitro groups is 1. The van der Waals surface area contributed by atoms with Crippen LogP contribution in [-0.2, 0) is 4.74 Å². The minimum absolute atomic E-state index is 0.132. The predicted octanol–water partition coefficient (Wildman–Crippen LogP) is 2.79. The van der Waals surface area contributed by atoms with E-state index >= 15 is 0 Å². The Balaban J connectivity index is 2.81. The van der Waals surface area contributed by atoms with Crippen LogP contribution in [0.3, 0.4) is 0 Å². The second-order valence-corrected chi connectivity index (χ2v) is 4.33. The van der Waals surface area contributed by atoms with E-state index in [9.17, 15) is 14.5 Å². The molecule has 0 saturated heterocycles. The van der Waals surface area contributed by atoms with Gasteiger partial charge in [-0.15, -0.1) is 0 Å². The van der Waals surface area contributed by atoms with Gasteiger partial charge in [0.2, 0.25) is 0 Å². The van der Waals surface area contributed by atoms with Crippen LogP contribution < -0.4 is 5.32 Å². The molecule has 0 unspecified atom stereocenters. The first kappa shape index (κ1) is 14.1. The Kier molecular flexibility index (Phi) is 5.56. The molecule has 0 radical (unpaired) electrons. The molecule has 1 rings (SSSR count). The van der Waals surface area contributed by atoms with E-state index in [1.165, 1.54) is 6.07 Å². The molecule has 1 aromatic carbocycles. The van der Waals surface area contributed by atoms with E-state index in [1.807, 2.05) is 6.92 Å². The highest BCUT2D eigenvalue weighted by atomic mass is 127. The molecule has 0 aromatic heterocycles. The highest BCUT2D eigenvalue weighted by molar-refractivity contribution is 14.1. The number of nitrogens with one attached hydrogen (secondary N) is 1. The summed E-state index contributed by atoms with van der Waals surface area (Å²) in [4.78, 5) is 10.2. The maximum absolute atomic E-state index is 13.3. The van der Waals surface area contributed by atoms with E-state index in [0.29, 0.717) is 19.8 Å². The molecule has 0 bridgehead atoms. The lowest BCUT2D eigenvalue weighted by Crippen LogP contribution is -2.11. The van der Waals surface area contributed by atoms with Crippen LogP contribution in [0, 0.1) is 19.5 Å². The number of nitro benzene ring substituents is 1. The summed E-state index contributed by atoms with van der Waals surface area (Å²) in [5.41, 5.74) is 0.0416. The zero-order chi connectivity index (χ0) is 12.8. The zero-order valence-corrected chi connectivity index (χ0v) is 11.4. The lowest BCUT2D eigenvalue weighted by molar-refractivity contribution is -0.384. The second-order valence-electron chi connectivity index (χ2n) is 3.16. The molecule has 0 atom stereocenters. The molecule has 0 amide bonds. The van der Waals surface area contributed by atoms with Crippen molar-refractivity contribution in [2.45, 2.75) is 6.92 Å². The van der Waals surface area contributed by atoms with Crippen LogP contribution in [0.25, 0.3) is 0 Å². The Bertz CT molecular complexity index is 415. The first-order valence-corrected chi connectivity index (χ1v) is 6.09. The summed E-state index contributed by atoms with van der Waals surface area (Å²) in [5.74, 6) is -0.477. The summed E-state index contributed by atoms with van der Waals surface area (Å²) in [6.45, 7) is 3.24. The van der Waals surface area contributed by atoms with Gasteiger partial charge in [-0.1, -0.05) is 0 Å². The number of ether oxygens (including phenoxy) is 1. The van der Waals surface area contributed by atoms with Crippen molar-refractivity contribution >= 4 is 34.0 Å². The molecule has 7 heteroatoms. The van der Waals surface area contributed by atoms with Crippen LogP contribution in [-0.4, -0.2) is 24.7 Å². The molecular weight excluding hydrogens is 342 g/mol. The number of anilines is 1. The van der Waals surface area contributed by atoms with Gasteiger partial charge in [-0.05, 0) is 29.5 Å². The number of benzene rings is 1. The van der Waals surface area contributed by atoms with Crippen molar-refractivity contribution in [2.24, 2.45) is 0 Å². The van der Waals surface area contributed by atoms with E-state index in [4.69, 9.17) is 4.74 Å². The molecule has 5 nitrogen and oxygen atoms in total. The first-order valence-electron chi connectivity index (χ1n) is 5.01. The van der Waals surface area contributed by atoms with E-state index in [0.717, 1.165) is 6.07 Å². The summed E-state index contributed by atoms with van der Waals surface area (Å²) >= 11 is 1.72. The van der Waals surface area contributed by atoms with Crippen LogP contribution in [0.1, 0.15) is 6.92 Å². The molecule has 94 valence electrons. The van der Waals surface area contributed by atoms with Crippen molar-refractivity contribution in [2.75, 3.05) is 25.1 Å². The van der Waals surface area contributed by atoms with Gasteiger partial charge in [0.05, 0.1) is 15.1 Å². The van der Waals surface area contributed by atoms with E-state index in [2.05, 4.69) is 5.32 Å². The van der Waals surface area contributed by atoms with Gasteiger partial charge in [0.1, 0.15) is 11.5 Å². The zero-order valence-electron chi connectivity index (χ0n) is 9.20. The van der Waals surface area contributed by atoms with Crippen LogP contribution in [0.4, 0.5) is 15.8 Å². The van der Waals surface area contributed by atoms with Gasteiger partial charge in [-0.3, -0.25) is 10.1 Å². The standard InChI is InChI=1S/C10H12FIN2O3/c1-2-17-4-3-13-9-5-7(11)8(12)6-10(9)14(15)16/h5-6,13H,2-4H2,1H3. The van der Waals surface area contributed by atoms with Crippen LogP contribution in [0.15, 0.2) is 12.1 Å². The van der Waals surface area contributed by atoms with Crippen molar-refractivity contribution < 1.29 is 14.1 Å². The SMILES string of the molecule is CCOCCNc1cc(F)c(I)cc1[N+](=O)[O-]. The topological polar surface area (TPSA) is 64.4 Å². The maximum atomic E-state index is 13.3. The highest BCUT2D eigenvalue weighted by Gasteiger charge is 2.16. The number of nitrogens with zero attached hydrogens (tertiary/aromatic N) is 1. The Morgan fingerprint density at radius 3 is 2.88 bits per heavy atom. The van der Waals surface area contributed by atoms with Gasteiger partial charge in [0.25, 0.3) is 5.69 Å². The first-order chi connectivity index (χ1) is 8.06. The van der Waals surface area contributed by atoms with Gasteiger partial charge in [0.15, 0.2) is 0 Å². The average Bonchev–Trinajstić information content (AvgIpc) is 2.28. The fourth-order valence-corrected chi connectivity index (χ4v) is 1.68. The monoisotopic (exact) mass is 354 g/mol. The quantitative estimate of drug-likeness (QED) is 0.369. The lowest BCUT2D eigenvalue weighted by atomic mass is 10.2. The van der Waals surface area contributed by atoms with Crippen molar-refractivity contribution in [3.05, 3.63) is 31.6 Å². The molecule has 17 heavy (non-hydrogen) atoms. The Morgan fingerprint density at radius 2 is 2.29 bits per heavy atom. The molecular formula is C10H12FIN2O3. The molecule has 0 aliphatic heterocycles. The fourth-order valence-electron chi connectivity index (χ4n) is 1.23. The third-order valence-electron chi connectivity index (χ3n) is 2.00. The smallest absolute Gasteiger partial charge is 0.293 e. The average molecular weight is 354 g/mol. The summed E-state index contributed by atoms with van der Waals surface area (Å²) < 4.78 is 18.6. The largest absolute Gasteiger partial charge is 0.380 e. The minimum Gasteiger partial charge on any atom is -0.380 e. The molecule has 0 fully saturated rings. The molecule has 0 spiro atoms. The minimum atomic E-state index is -0.537. The van der Waals surface area contributed by atoms with Crippen molar-refractivity contribution in [1.82, 2.24) is 0 Å². The number of hydrogen-bond acceptors (Lipinski definition) is 4. The van der Waals surface area contributed by atoms with Crippen molar-refractivity contribution in [3.63, 3.8) is 0 Å². The summed E-state index contributed by atoms with van der Waals surface area (Å²) in [5, 5.41) is 13.6. The van der Waals surface area contributed by atoms with Gasteiger partial charge in [-0.2, -0.15) is 0 Å². The van der Waals surface area contributed by atoms with E-state index in [1.54, 1.807) is 22.6 Å². The van der Waals surface area contributed by atoms with E-state index in [-0.39, 0.29) is 14.9 Å². The number of rotatable bonds is 6. The Labute approximate surface area is 112 Å². The molecule has 0 heterocycles. The van der Waals surface area contributed by atoms with Crippen LogP contribution >= 0.6 is 22.6 Å². The molecule has 1 N–H and O–H groups in total. The Hall–Kier alpha value is -0.960. The van der Waals surface area contributed by atoms with Gasteiger partial charge in [0, 0.05) is 25.3 Å². The summed E-state index contributed by atoms with van der Waals surface area (Å²) in [7, 11) is 0. The van der Waals surface area contributed by atoms with Crippen LogP contribution in [0.2, 0.25) is 0 Å². The third-order valence-corrected chi connectivity index (χ3v) is 2.83. The van der Waals surface area contributed by atoms with Gasteiger partial charge >= 0.3 is 0 Å². The normalized spacial score (nSPS) is 10.3. The van der Waals surface area contributed by atoms with Gasteiger partial charge < -0.3 is 10.1 Å². The highest BCUT2D eigenvalue weighted by Crippen LogP contribution is 2.28. The molecule has 0 saturated carbocycles. The van der Waals surface area contributed by atoms with Gasteiger partial charge in [-0.25, -0.2) is 4.39 Å². The van der Waals surface area contributed by atoms with Crippen molar-refractivity contribution in [3.8, 4) is 0 Å². The molecule has 1 aromatic rings. The van der Waals surface area contributed by atoms with E-state index < -0.39 is 10.7 Å². The Morgan fingerprint density at radius 1 is 1.59 bits per heavy atom. The third kappa shape index (κ3) is 4.08. The maximum Gasteiger partial charge on any atom is 0.293 e. The number of halogens is 2. The molecule has 0 aliphatic rings. The predicted molar refractivity (Wildman–Crippen MR) is 70.8 cm³/mol. The molecule has 0 aliphatic carbocycles. The summed E-state index contributed by atoms with van der Waals surface area (Å²) in [6, 6.07) is 2.34. The number of hydrogen-bond donors (Lipinski definition) is 1. The summed E-state index contributed by atoms with van der Waals surface area (Å²) in [6.07, 6.45) is 0.